The molecule has 8 heteroatoms. The van der Waals surface area contributed by atoms with Crippen molar-refractivity contribution in [2.24, 2.45) is 5.41 Å². The monoisotopic (exact) mass is 668 g/mol. The van der Waals surface area contributed by atoms with Crippen molar-refractivity contribution >= 4 is 40.8 Å². The molecule has 0 bridgehead atoms. The summed E-state index contributed by atoms with van der Waals surface area (Å²) in [7, 11) is 0. The van der Waals surface area contributed by atoms with E-state index in [-0.39, 0.29) is 21.9 Å². The Morgan fingerprint density at radius 2 is 1.47 bits per heavy atom. The van der Waals surface area contributed by atoms with Crippen LogP contribution in [0.15, 0.2) is 97.1 Å². The Kier molecular flexibility index (Phi) is 7.11. The van der Waals surface area contributed by atoms with Crippen molar-refractivity contribution in [1.82, 2.24) is 4.90 Å². The highest BCUT2D eigenvalue weighted by atomic mass is 35.5. The summed E-state index contributed by atoms with van der Waals surface area (Å²) in [5.41, 5.74) is 1.10. The molecule has 2 saturated heterocycles. The largest absolute Gasteiger partial charge is 0.454 e. The Morgan fingerprint density at radius 1 is 0.809 bits per heavy atom. The summed E-state index contributed by atoms with van der Waals surface area (Å²) in [6, 6.07) is 28.7. The van der Waals surface area contributed by atoms with Crippen molar-refractivity contribution in [2.45, 2.75) is 74.6 Å². The summed E-state index contributed by atoms with van der Waals surface area (Å²) >= 11 is 13.0. The standard InChI is InChI=1S/C39H35Cl2FN2O3/c1-37(2)18-20-38(21-19-37)39(27-17-16-25(40)22-29(27)43-36(39)46)30(26-14-9-15-28(41)31(26)42)33-35(45)47-34(24-12-7-4-8-13-24)32(44(33)38)23-10-5-3-6-11-23/h3-17,22,30,32-34H,18-21H2,1-2H3,(H,43,46)/t30-,32+,33+,34-,39+/m0/s1. The van der Waals surface area contributed by atoms with E-state index < -0.39 is 46.8 Å². The number of carbonyl (C=O) groups is 2. The van der Waals surface area contributed by atoms with Gasteiger partial charge in [-0.15, -0.1) is 0 Å². The minimum atomic E-state index is -1.36. The van der Waals surface area contributed by atoms with Crippen LogP contribution in [-0.2, 0) is 19.7 Å². The normalized spacial score (nSPS) is 29.0. The lowest BCUT2D eigenvalue weighted by molar-refractivity contribution is -0.184. The van der Waals surface area contributed by atoms with E-state index in [2.05, 4.69) is 36.2 Å². The summed E-state index contributed by atoms with van der Waals surface area (Å²) in [5.74, 6) is -2.31. The van der Waals surface area contributed by atoms with Crippen molar-refractivity contribution in [2.75, 3.05) is 5.32 Å². The van der Waals surface area contributed by atoms with Gasteiger partial charge < -0.3 is 10.1 Å². The first-order chi connectivity index (χ1) is 22.6. The number of anilines is 1. The van der Waals surface area contributed by atoms with E-state index in [0.717, 1.165) is 29.5 Å². The van der Waals surface area contributed by atoms with Crippen LogP contribution < -0.4 is 5.32 Å². The minimum Gasteiger partial charge on any atom is -0.454 e. The van der Waals surface area contributed by atoms with Crippen LogP contribution in [0.2, 0.25) is 10.0 Å². The number of morpholine rings is 1. The second kappa shape index (κ2) is 10.9. The molecule has 1 saturated carbocycles. The van der Waals surface area contributed by atoms with E-state index in [4.69, 9.17) is 27.9 Å². The van der Waals surface area contributed by atoms with Crippen LogP contribution in [0, 0.1) is 11.2 Å². The molecule has 1 N–H and O–H groups in total. The molecule has 0 unspecified atom stereocenters. The Labute approximate surface area is 284 Å². The fraction of sp³-hybridized carbons (Fsp3) is 0.333. The van der Waals surface area contributed by atoms with Crippen molar-refractivity contribution in [3.63, 3.8) is 0 Å². The Balaban J connectivity index is 1.49. The van der Waals surface area contributed by atoms with Gasteiger partial charge in [0.15, 0.2) is 0 Å². The maximum absolute atomic E-state index is 16.5. The van der Waals surface area contributed by atoms with Gasteiger partial charge in [0, 0.05) is 22.2 Å². The summed E-state index contributed by atoms with van der Waals surface area (Å²) in [4.78, 5) is 32.2. The third kappa shape index (κ3) is 4.30. The van der Waals surface area contributed by atoms with Crippen LogP contribution in [0.3, 0.4) is 0 Å². The zero-order valence-corrected chi connectivity index (χ0v) is 27.7. The van der Waals surface area contributed by atoms with Gasteiger partial charge in [-0.3, -0.25) is 14.5 Å². The van der Waals surface area contributed by atoms with Crippen LogP contribution in [0.1, 0.15) is 79.8 Å². The van der Waals surface area contributed by atoms with E-state index in [0.29, 0.717) is 23.6 Å². The molecule has 47 heavy (non-hydrogen) atoms. The number of amides is 1. The van der Waals surface area contributed by atoms with E-state index in [1.165, 1.54) is 6.07 Å². The van der Waals surface area contributed by atoms with Crippen LogP contribution >= 0.6 is 23.2 Å². The average Bonchev–Trinajstić information content (AvgIpc) is 3.50. The molecule has 4 aliphatic rings. The third-order valence-corrected chi connectivity index (χ3v) is 11.9. The van der Waals surface area contributed by atoms with Gasteiger partial charge in [-0.25, -0.2) is 4.39 Å². The first-order valence-corrected chi connectivity index (χ1v) is 17.0. The zero-order chi connectivity index (χ0) is 32.7. The first-order valence-electron chi connectivity index (χ1n) is 16.2. The summed E-state index contributed by atoms with van der Waals surface area (Å²) in [6.45, 7) is 4.50. The number of hydrogen-bond acceptors (Lipinski definition) is 4. The molecule has 240 valence electrons. The number of carbonyl (C=O) groups excluding carboxylic acids is 2. The summed E-state index contributed by atoms with van der Waals surface area (Å²) in [6.07, 6.45) is 2.19. The number of nitrogens with one attached hydrogen (secondary N) is 1. The van der Waals surface area contributed by atoms with E-state index in [9.17, 15) is 4.79 Å². The highest BCUT2D eigenvalue weighted by Gasteiger charge is 2.78. The van der Waals surface area contributed by atoms with Gasteiger partial charge in [-0.1, -0.05) is 116 Å². The van der Waals surface area contributed by atoms with Crippen LogP contribution in [0.4, 0.5) is 10.1 Å². The highest BCUT2D eigenvalue weighted by Crippen LogP contribution is 2.71. The van der Waals surface area contributed by atoms with E-state index in [1.807, 2.05) is 54.6 Å². The molecule has 3 fully saturated rings. The molecular formula is C39H35Cl2FN2O3. The summed E-state index contributed by atoms with van der Waals surface area (Å²) < 4.78 is 23.0. The lowest BCUT2D eigenvalue weighted by atomic mass is 9.53. The third-order valence-electron chi connectivity index (χ3n) is 11.4. The minimum absolute atomic E-state index is 0.0105. The van der Waals surface area contributed by atoms with Gasteiger partial charge in [-0.05, 0) is 71.6 Å². The van der Waals surface area contributed by atoms with Crippen LogP contribution in [0.25, 0.3) is 0 Å². The predicted octanol–water partition coefficient (Wildman–Crippen LogP) is 9.17. The fourth-order valence-electron chi connectivity index (χ4n) is 9.36. The van der Waals surface area contributed by atoms with Gasteiger partial charge in [0.1, 0.15) is 23.4 Å². The fourth-order valence-corrected chi connectivity index (χ4v) is 9.72. The van der Waals surface area contributed by atoms with Gasteiger partial charge in [0.05, 0.1) is 11.1 Å². The smallest absolute Gasteiger partial charge is 0.324 e. The maximum Gasteiger partial charge on any atom is 0.324 e. The molecule has 5 atom stereocenters. The molecule has 5 nitrogen and oxygen atoms in total. The number of ether oxygens (including phenoxy) is 1. The predicted molar refractivity (Wildman–Crippen MR) is 181 cm³/mol. The number of rotatable bonds is 3. The molecule has 2 spiro atoms. The van der Waals surface area contributed by atoms with Gasteiger partial charge in [0.25, 0.3) is 0 Å². The number of benzene rings is 4. The second-order valence-electron chi connectivity index (χ2n) is 14.2. The Bertz CT molecular complexity index is 1890. The molecule has 3 heterocycles. The number of halogens is 3. The molecule has 4 aromatic carbocycles. The molecule has 4 aromatic rings. The highest BCUT2D eigenvalue weighted by molar-refractivity contribution is 6.31. The molecule has 8 rings (SSSR count). The first kappa shape index (κ1) is 30.6. The Morgan fingerprint density at radius 3 is 2.15 bits per heavy atom. The lowest BCUT2D eigenvalue weighted by Gasteiger charge is -2.57. The number of hydrogen-bond donors (Lipinski definition) is 1. The van der Waals surface area contributed by atoms with Crippen molar-refractivity contribution in [1.29, 1.82) is 0 Å². The quantitative estimate of drug-likeness (QED) is 0.221. The van der Waals surface area contributed by atoms with E-state index >= 15 is 9.18 Å². The van der Waals surface area contributed by atoms with Gasteiger partial charge in [0.2, 0.25) is 5.91 Å². The van der Waals surface area contributed by atoms with Crippen molar-refractivity contribution < 1.29 is 18.7 Å². The number of esters is 1. The number of fused-ring (bicyclic) bond motifs is 5. The SMILES string of the molecule is CC1(C)CCC2(CC1)N1[C@H](c3ccccc3)[C@H](c3ccccc3)OC(=O)[C@H]1[C@H](c1cccc(Cl)c1F)[C@]21C(=O)Nc2cc(Cl)ccc21. The topological polar surface area (TPSA) is 58.6 Å². The van der Waals surface area contributed by atoms with E-state index in [1.54, 1.807) is 24.3 Å². The summed E-state index contributed by atoms with van der Waals surface area (Å²) in [5, 5.41) is 3.58. The molecule has 0 radical (unpaired) electrons. The second-order valence-corrected chi connectivity index (χ2v) is 15.1. The molecular weight excluding hydrogens is 634 g/mol. The zero-order valence-electron chi connectivity index (χ0n) is 26.2. The Hall–Kier alpha value is -3.71. The maximum atomic E-state index is 16.5. The van der Waals surface area contributed by atoms with Gasteiger partial charge in [-0.2, -0.15) is 0 Å². The molecule has 1 amide bonds. The lowest BCUT2D eigenvalue weighted by Crippen LogP contribution is -2.64. The molecule has 1 aliphatic carbocycles. The van der Waals surface area contributed by atoms with Crippen molar-refractivity contribution in [3.05, 3.63) is 135 Å². The van der Waals surface area contributed by atoms with Crippen LogP contribution in [-0.4, -0.2) is 28.4 Å². The molecule has 0 aromatic heterocycles. The van der Waals surface area contributed by atoms with Crippen LogP contribution in [0.5, 0.6) is 0 Å². The molecule has 3 aliphatic heterocycles. The van der Waals surface area contributed by atoms with Crippen molar-refractivity contribution in [3.8, 4) is 0 Å². The number of nitrogens with zero attached hydrogens (tertiary/aromatic N) is 1. The van der Waals surface area contributed by atoms with Gasteiger partial charge >= 0.3 is 5.97 Å². The average molecular weight is 670 g/mol. The number of cyclic esters (lactones) is 1.